The molecule has 0 bridgehead atoms. The van der Waals surface area contributed by atoms with Crippen molar-refractivity contribution in [1.82, 2.24) is 0 Å². The van der Waals surface area contributed by atoms with Gasteiger partial charge in [-0.3, -0.25) is 0 Å². The van der Waals surface area contributed by atoms with Crippen molar-refractivity contribution < 1.29 is 0 Å². The van der Waals surface area contributed by atoms with Crippen molar-refractivity contribution >= 4 is 0 Å². The van der Waals surface area contributed by atoms with E-state index >= 15 is 0 Å². The molecule has 0 aromatic carbocycles. The molecule has 0 fully saturated rings. The van der Waals surface area contributed by atoms with E-state index in [0.29, 0.717) is 0 Å². The monoisotopic (exact) mass is 85.1 g/mol. The van der Waals surface area contributed by atoms with Crippen LogP contribution in [0.3, 0.4) is 0 Å². The first-order valence-corrected chi connectivity index (χ1v) is 2.04. The highest BCUT2D eigenvalue weighted by atomic mass is 14.5. The predicted octanol–water partition coefficient (Wildman–Crippen LogP) is 1.26. The molecule has 6 heavy (non-hydrogen) atoms. The maximum Gasteiger partial charge on any atom is 0.00351 e. The first kappa shape index (κ1) is 5.54. The molecule has 0 unspecified atom stereocenters. The van der Waals surface area contributed by atoms with Gasteiger partial charge in [0.1, 0.15) is 0 Å². The van der Waals surface area contributed by atoms with Gasteiger partial charge in [0, 0.05) is 5.70 Å². The molecule has 0 radical (unpaired) electrons. The topological polar surface area (TPSA) is 26.0 Å². The molecule has 0 heterocycles. The number of rotatable bonds is 0. The van der Waals surface area contributed by atoms with Gasteiger partial charge in [0.25, 0.3) is 0 Å². The second-order valence-electron chi connectivity index (χ2n) is 1.68. The highest BCUT2D eigenvalue weighted by Gasteiger charge is 1.75. The van der Waals surface area contributed by atoms with E-state index in [1.54, 1.807) is 0 Å². The van der Waals surface area contributed by atoms with Crippen LogP contribution in [0.4, 0.5) is 0 Å². The van der Waals surface area contributed by atoms with Crippen molar-refractivity contribution in [3.8, 4) is 0 Å². The molecule has 0 aliphatic rings. The molecular formula is C5H11N. The highest BCUT2D eigenvalue weighted by molar-refractivity contribution is 5.00. The Morgan fingerprint density at radius 1 is 1.17 bits per heavy atom. The fourth-order valence-corrected chi connectivity index (χ4v) is 0. The first-order valence-electron chi connectivity index (χ1n) is 2.04. The number of hydrogen-bond donors (Lipinski definition) is 1. The van der Waals surface area contributed by atoms with Crippen molar-refractivity contribution in [2.45, 2.75) is 20.8 Å². The van der Waals surface area contributed by atoms with Crippen LogP contribution in [0.2, 0.25) is 0 Å². The fourth-order valence-electron chi connectivity index (χ4n) is 0. The predicted molar refractivity (Wildman–Crippen MR) is 28.2 cm³/mol. The minimum Gasteiger partial charge on any atom is -0.402 e. The van der Waals surface area contributed by atoms with Gasteiger partial charge < -0.3 is 5.73 Å². The van der Waals surface area contributed by atoms with Gasteiger partial charge in [-0.15, -0.1) is 0 Å². The molecule has 36 valence electrons. The van der Waals surface area contributed by atoms with Crippen LogP contribution in [-0.2, 0) is 0 Å². The zero-order valence-corrected chi connectivity index (χ0v) is 4.58. The van der Waals surface area contributed by atoms with E-state index < -0.39 is 0 Å². The molecule has 1 nitrogen and oxygen atoms in total. The second-order valence-corrected chi connectivity index (χ2v) is 1.68. The standard InChI is InChI=1S/C5H11N/c1-4(2)5(3)6/h6H2,1-3H3. The third-order valence-corrected chi connectivity index (χ3v) is 0.789. The van der Waals surface area contributed by atoms with Crippen LogP contribution in [0.15, 0.2) is 11.3 Å². The van der Waals surface area contributed by atoms with E-state index in [9.17, 15) is 0 Å². The van der Waals surface area contributed by atoms with E-state index in [4.69, 9.17) is 5.73 Å². The summed E-state index contributed by atoms with van der Waals surface area (Å²) in [5, 5.41) is 0. The van der Waals surface area contributed by atoms with Crippen LogP contribution < -0.4 is 5.73 Å². The third kappa shape index (κ3) is 1.82. The van der Waals surface area contributed by atoms with Crippen LogP contribution in [0.25, 0.3) is 0 Å². The van der Waals surface area contributed by atoms with Crippen molar-refractivity contribution in [3.05, 3.63) is 11.3 Å². The zero-order valence-electron chi connectivity index (χ0n) is 4.58. The van der Waals surface area contributed by atoms with Gasteiger partial charge in [0.2, 0.25) is 0 Å². The quantitative estimate of drug-likeness (QED) is 0.471. The average molecular weight is 85.2 g/mol. The van der Waals surface area contributed by atoms with Crippen LogP contribution >= 0.6 is 0 Å². The Bertz CT molecular complexity index is 54.0. The molecule has 0 aliphatic heterocycles. The van der Waals surface area contributed by atoms with Gasteiger partial charge in [-0.1, -0.05) is 5.57 Å². The van der Waals surface area contributed by atoms with Crippen LogP contribution in [0.5, 0.6) is 0 Å². The molecular weight excluding hydrogens is 74.1 g/mol. The van der Waals surface area contributed by atoms with Crippen molar-refractivity contribution in [1.29, 1.82) is 0 Å². The summed E-state index contributed by atoms with van der Waals surface area (Å²) in [6.07, 6.45) is 0. The lowest BCUT2D eigenvalue weighted by Gasteiger charge is -1.88. The van der Waals surface area contributed by atoms with Gasteiger partial charge in [0.15, 0.2) is 0 Å². The molecule has 0 rings (SSSR count). The van der Waals surface area contributed by atoms with Crippen LogP contribution in [0, 0.1) is 0 Å². The van der Waals surface area contributed by atoms with Gasteiger partial charge in [-0.2, -0.15) is 0 Å². The summed E-state index contributed by atoms with van der Waals surface area (Å²) in [6.45, 7) is 5.89. The normalized spacial score (nSPS) is 7.83. The lowest BCUT2D eigenvalue weighted by atomic mass is 10.3. The summed E-state index contributed by atoms with van der Waals surface area (Å²) in [7, 11) is 0. The van der Waals surface area contributed by atoms with E-state index in [2.05, 4.69) is 0 Å². The molecule has 0 spiro atoms. The molecule has 0 aliphatic carbocycles. The Morgan fingerprint density at radius 3 is 1.33 bits per heavy atom. The Balaban J connectivity index is 3.68. The Hall–Kier alpha value is -0.460. The van der Waals surface area contributed by atoms with Crippen molar-refractivity contribution in [3.63, 3.8) is 0 Å². The van der Waals surface area contributed by atoms with E-state index in [1.165, 1.54) is 5.57 Å². The van der Waals surface area contributed by atoms with E-state index in [-0.39, 0.29) is 0 Å². The molecule has 0 saturated heterocycles. The van der Waals surface area contributed by atoms with Gasteiger partial charge in [-0.25, -0.2) is 0 Å². The molecule has 1 heteroatoms. The lowest BCUT2D eigenvalue weighted by Crippen LogP contribution is -1.91. The second kappa shape index (κ2) is 1.85. The summed E-state index contributed by atoms with van der Waals surface area (Å²) in [5.74, 6) is 0. The number of nitrogens with two attached hydrogens (primary N) is 1. The van der Waals surface area contributed by atoms with Gasteiger partial charge in [-0.05, 0) is 20.8 Å². The first-order chi connectivity index (χ1) is 2.64. The Labute approximate surface area is 38.8 Å². The summed E-state index contributed by atoms with van der Waals surface area (Å²) < 4.78 is 0. The van der Waals surface area contributed by atoms with E-state index in [0.717, 1.165) is 5.70 Å². The molecule has 2 N–H and O–H groups in total. The van der Waals surface area contributed by atoms with Crippen LogP contribution in [0.1, 0.15) is 20.8 Å². The molecule has 0 aromatic rings. The summed E-state index contributed by atoms with van der Waals surface area (Å²) >= 11 is 0. The minimum absolute atomic E-state index is 0.926. The Kier molecular flexibility index (Phi) is 1.71. The zero-order chi connectivity index (χ0) is 5.15. The maximum atomic E-state index is 5.31. The molecule has 0 saturated carbocycles. The Morgan fingerprint density at radius 2 is 1.33 bits per heavy atom. The van der Waals surface area contributed by atoms with Gasteiger partial charge in [0.05, 0.1) is 0 Å². The third-order valence-electron chi connectivity index (χ3n) is 0.789. The fraction of sp³-hybridized carbons (Fsp3) is 0.600. The van der Waals surface area contributed by atoms with Crippen molar-refractivity contribution in [2.24, 2.45) is 5.73 Å². The van der Waals surface area contributed by atoms with Crippen LogP contribution in [-0.4, -0.2) is 0 Å². The number of hydrogen-bond acceptors (Lipinski definition) is 1. The number of allylic oxidation sites excluding steroid dienone is 2. The SMILES string of the molecule is CC(C)=C(C)N. The average Bonchev–Trinajstić information content (AvgIpc) is 1.36. The van der Waals surface area contributed by atoms with Crippen molar-refractivity contribution in [2.75, 3.05) is 0 Å². The smallest absolute Gasteiger partial charge is 0.00351 e. The highest BCUT2D eigenvalue weighted by Crippen LogP contribution is 1.90. The minimum atomic E-state index is 0.926. The summed E-state index contributed by atoms with van der Waals surface area (Å²) in [5.41, 5.74) is 7.44. The summed E-state index contributed by atoms with van der Waals surface area (Å²) in [4.78, 5) is 0. The molecule has 0 atom stereocenters. The van der Waals surface area contributed by atoms with E-state index in [1.807, 2.05) is 20.8 Å². The molecule has 0 aromatic heterocycles. The molecule has 0 amide bonds. The summed E-state index contributed by atoms with van der Waals surface area (Å²) in [6, 6.07) is 0. The lowest BCUT2D eigenvalue weighted by molar-refractivity contribution is 1.19. The van der Waals surface area contributed by atoms with Gasteiger partial charge >= 0.3 is 0 Å². The largest absolute Gasteiger partial charge is 0.402 e. The maximum absolute atomic E-state index is 5.31.